The van der Waals surface area contributed by atoms with Crippen LogP contribution >= 0.6 is 11.6 Å². The quantitative estimate of drug-likeness (QED) is 0.661. The molecule has 1 aliphatic rings. The summed E-state index contributed by atoms with van der Waals surface area (Å²) in [5.41, 5.74) is -0.146. The Bertz CT molecular complexity index is 569. The maximum Gasteiger partial charge on any atom is 0.288 e. The summed E-state index contributed by atoms with van der Waals surface area (Å²) in [6, 6.07) is 4.21. The molecule has 0 saturated carbocycles. The Kier molecular flexibility index (Phi) is 4.49. The van der Waals surface area contributed by atoms with Crippen molar-refractivity contribution in [2.24, 2.45) is 11.3 Å². The second-order valence-electron chi connectivity index (χ2n) is 5.62. The number of nitrogens with one attached hydrogen (secondary N) is 2. The van der Waals surface area contributed by atoms with Crippen molar-refractivity contribution in [1.82, 2.24) is 5.32 Å². The van der Waals surface area contributed by atoms with Gasteiger partial charge in [-0.3, -0.25) is 14.9 Å². The first-order chi connectivity index (χ1) is 9.86. The van der Waals surface area contributed by atoms with Crippen molar-refractivity contribution in [1.29, 1.82) is 0 Å². The van der Waals surface area contributed by atoms with Crippen LogP contribution in [0.15, 0.2) is 18.2 Å². The van der Waals surface area contributed by atoms with Crippen molar-refractivity contribution >= 4 is 28.9 Å². The smallest absolute Gasteiger partial charge is 0.288 e. The van der Waals surface area contributed by atoms with Gasteiger partial charge in [-0.2, -0.15) is 0 Å². The third-order valence-electron chi connectivity index (χ3n) is 4.15. The molecule has 2 N–H and O–H groups in total. The normalized spacial score (nSPS) is 21.5. The van der Waals surface area contributed by atoms with Gasteiger partial charge in [0.2, 0.25) is 5.91 Å². The second-order valence-corrected chi connectivity index (χ2v) is 6.02. The Hall–Kier alpha value is -1.66. The number of rotatable bonds is 4. The molecule has 0 radical (unpaired) electrons. The Balaban J connectivity index is 2.19. The molecule has 0 aliphatic carbocycles. The molecular weight excluding hydrogens is 294 g/mol. The third-order valence-corrected chi connectivity index (χ3v) is 4.45. The fraction of sp³-hybridized carbons (Fsp3) is 0.500. The monoisotopic (exact) mass is 311 g/mol. The van der Waals surface area contributed by atoms with E-state index in [1.807, 2.05) is 13.8 Å². The first-order valence-electron chi connectivity index (χ1n) is 6.83. The summed E-state index contributed by atoms with van der Waals surface area (Å²) < 4.78 is 0. The Morgan fingerprint density at radius 3 is 2.71 bits per heavy atom. The van der Waals surface area contributed by atoms with Crippen LogP contribution in [0.1, 0.15) is 20.3 Å². The minimum Gasteiger partial charge on any atom is -0.325 e. The molecule has 1 unspecified atom stereocenters. The highest BCUT2D eigenvalue weighted by atomic mass is 35.5. The predicted octanol–water partition coefficient (Wildman–Crippen LogP) is 2.82. The van der Waals surface area contributed by atoms with E-state index in [-0.39, 0.29) is 22.5 Å². The molecular formula is C14H18ClN3O3. The van der Waals surface area contributed by atoms with Gasteiger partial charge in [0.1, 0.15) is 5.02 Å². The highest BCUT2D eigenvalue weighted by Gasteiger charge is 2.43. The van der Waals surface area contributed by atoms with Gasteiger partial charge in [-0.1, -0.05) is 25.4 Å². The molecule has 2 rings (SSSR count). The number of nitro groups is 1. The molecule has 0 spiro atoms. The molecule has 21 heavy (non-hydrogen) atoms. The largest absolute Gasteiger partial charge is 0.325 e. The lowest BCUT2D eigenvalue weighted by Crippen LogP contribution is -2.42. The van der Waals surface area contributed by atoms with Crippen molar-refractivity contribution in [3.05, 3.63) is 33.3 Å². The fourth-order valence-electron chi connectivity index (χ4n) is 2.65. The Morgan fingerprint density at radius 2 is 2.24 bits per heavy atom. The van der Waals surface area contributed by atoms with Gasteiger partial charge in [-0.15, -0.1) is 0 Å². The molecule has 0 bridgehead atoms. The number of benzene rings is 1. The highest BCUT2D eigenvalue weighted by Crippen LogP contribution is 2.36. The summed E-state index contributed by atoms with van der Waals surface area (Å²) in [5, 5.41) is 16.8. The summed E-state index contributed by atoms with van der Waals surface area (Å²) in [4.78, 5) is 22.8. The van der Waals surface area contributed by atoms with E-state index < -0.39 is 10.3 Å². The van der Waals surface area contributed by atoms with Crippen LogP contribution in [-0.2, 0) is 4.79 Å². The molecule has 1 amide bonds. The number of carbonyl (C=O) groups is 1. The van der Waals surface area contributed by atoms with Gasteiger partial charge < -0.3 is 10.6 Å². The Labute approximate surface area is 128 Å². The molecule has 1 aliphatic heterocycles. The van der Waals surface area contributed by atoms with E-state index >= 15 is 0 Å². The van der Waals surface area contributed by atoms with Crippen LogP contribution in [0.3, 0.4) is 0 Å². The first-order valence-corrected chi connectivity index (χ1v) is 7.21. The summed E-state index contributed by atoms with van der Waals surface area (Å²) in [6.07, 6.45) is 0.775. The van der Waals surface area contributed by atoms with E-state index in [9.17, 15) is 14.9 Å². The van der Waals surface area contributed by atoms with E-state index in [2.05, 4.69) is 10.6 Å². The van der Waals surface area contributed by atoms with Crippen LogP contribution < -0.4 is 10.6 Å². The Morgan fingerprint density at radius 1 is 1.52 bits per heavy atom. The van der Waals surface area contributed by atoms with Gasteiger partial charge in [0, 0.05) is 18.3 Å². The minimum absolute atomic E-state index is 0.0148. The number of carbonyl (C=O) groups excluding carboxylic acids is 1. The lowest BCUT2D eigenvalue weighted by Gasteiger charge is -2.31. The number of anilines is 1. The van der Waals surface area contributed by atoms with Crippen molar-refractivity contribution in [3.8, 4) is 0 Å². The summed E-state index contributed by atoms with van der Waals surface area (Å²) in [6.45, 7) is 5.49. The molecule has 7 heteroatoms. The van der Waals surface area contributed by atoms with Gasteiger partial charge in [-0.25, -0.2) is 0 Å². The summed E-state index contributed by atoms with van der Waals surface area (Å²) in [5.74, 6) is 0.119. The fourth-order valence-corrected chi connectivity index (χ4v) is 2.90. The lowest BCUT2D eigenvalue weighted by molar-refractivity contribution is -0.384. The molecule has 0 aromatic heterocycles. The minimum atomic E-state index is -0.551. The van der Waals surface area contributed by atoms with E-state index in [1.54, 1.807) is 0 Å². The SMILES string of the molecule is CC(C)C1(C(=O)Nc2ccc([N+](=O)[O-])c(Cl)c2)CCNC1. The molecule has 114 valence electrons. The maximum absolute atomic E-state index is 12.6. The maximum atomic E-state index is 12.6. The molecule has 1 heterocycles. The zero-order chi connectivity index (χ0) is 15.6. The van der Waals surface area contributed by atoms with Gasteiger partial charge in [0.25, 0.3) is 5.69 Å². The summed E-state index contributed by atoms with van der Waals surface area (Å²) in [7, 11) is 0. The van der Waals surface area contributed by atoms with Crippen LogP contribution in [0.5, 0.6) is 0 Å². The molecule has 6 nitrogen and oxygen atoms in total. The third kappa shape index (κ3) is 3.01. The molecule has 1 atom stereocenters. The van der Waals surface area contributed by atoms with Crippen molar-refractivity contribution in [2.45, 2.75) is 20.3 Å². The van der Waals surface area contributed by atoms with E-state index in [4.69, 9.17) is 11.6 Å². The topological polar surface area (TPSA) is 84.3 Å². The van der Waals surface area contributed by atoms with Gasteiger partial charge in [0.05, 0.1) is 10.3 Å². The van der Waals surface area contributed by atoms with Crippen LogP contribution in [0, 0.1) is 21.4 Å². The van der Waals surface area contributed by atoms with Crippen molar-refractivity contribution in [2.75, 3.05) is 18.4 Å². The van der Waals surface area contributed by atoms with Crippen molar-refractivity contribution in [3.63, 3.8) is 0 Å². The zero-order valence-corrected chi connectivity index (χ0v) is 12.7. The van der Waals surface area contributed by atoms with Crippen LogP contribution in [-0.4, -0.2) is 23.9 Å². The molecule has 1 fully saturated rings. The van der Waals surface area contributed by atoms with Crippen molar-refractivity contribution < 1.29 is 9.72 Å². The number of amides is 1. The van der Waals surface area contributed by atoms with E-state index in [1.165, 1.54) is 18.2 Å². The summed E-state index contributed by atoms with van der Waals surface area (Å²) >= 11 is 5.86. The molecule has 1 saturated heterocycles. The number of nitrogens with zero attached hydrogens (tertiary/aromatic N) is 1. The van der Waals surface area contributed by atoms with Crippen LogP contribution in [0.4, 0.5) is 11.4 Å². The van der Waals surface area contributed by atoms with Crippen LogP contribution in [0.25, 0.3) is 0 Å². The number of nitro benzene ring substituents is 1. The van der Waals surface area contributed by atoms with Gasteiger partial charge >= 0.3 is 0 Å². The average molecular weight is 312 g/mol. The highest BCUT2D eigenvalue weighted by molar-refractivity contribution is 6.33. The number of hydrogen-bond donors (Lipinski definition) is 2. The lowest BCUT2D eigenvalue weighted by atomic mass is 9.75. The van der Waals surface area contributed by atoms with Crippen LogP contribution in [0.2, 0.25) is 5.02 Å². The predicted molar refractivity (Wildman–Crippen MR) is 81.5 cm³/mol. The number of hydrogen-bond acceptors (Lipinski definition) is 4. The zero-order valence-electron chi connectivity index (χ0n) is 12.0. The second kappa shape index (κ2) is 5.99. The van der Waals surface area contributed by atoms with Gasteiger partial charge in [-0.05, 0) is 31.0 Å². The molecule has 1 aromatic carbocycles. The first kappa shape index (κ1) is 15.7. The van der Waals surface area contributed by atoms with E-state index in [0.717, 1.165) is 13.0 Å². The standard InChI is InChI=1S/C14H18ClN3O3/c1-9(2)14(5-6-16-8-14)13(19)17-10-3-4-12(18(20)21)11(15)7-10/h3-4,7,9,16H,5-6,8H2,1-2H3,(H,17,19). The van der Waals surface area contributed by atoms with Gasteiger partial charge in [0.15, 0.2) is 0 Å². The molecule has 1 aromatic rings. The average Bonchev–Trinajstić information content (AvgIpc) is 2.88. The van der Waals surface area contributed by atoms with E-state index in [0.29, 0.717) is 12.2 Å². The number of halogens is 1.